The highest BCUT2D eigenvalue weighted by atomic mass is 32.2. The Balaban J connectivity index is 1.76. The quantitative estimate of drug-likeness (QED) is 0.704. The molecule has 2 aromatic rings. The molecular weight excluding hydrogens is 312 g/mol. The number of carbonyl (C=O) groups is 1. The van der Waals surface area contributed by atoms with E-state index >= 15 is 0 Å². The predicted molar refractivity (Wildman–Crippen MR) is 77.0 cm³/mol. The van der Waals surface area contributed by atoms with E-state index in [4.69, 9.17) is 4.74 Å². The molecular formula is C12H14N4O5S. The first-order valence-corrected chi connectivity index (χ1v) is 7.97. The molecule has 22 heavy (non-hydrogen) atoms. The summed E-state index contributed by atoms with van der Waals surface area (Å²) in [5.41, 5.74) is 0.522. The van der Waals surface area contributed by atoms with Crippen molar-refractivity contribution in [2.75, 3.05) is 20.1 Å². The number of imidazole rings is 1. The molecule has 118 valence electrons. The number of ether oxygens (including phenoxy) is 1. The molecule has 10 heteroatoms. The fraction of sp³-hybridized carbons (Fsp3) is 0.333. The molecule has 1 atom stereocenters. The molecule has 1 aromatic carbocycles. The van der Waals surface area contributed by atoms with E-state index in [9.17, 15) is 18.0 Å². The van der Waals surface area contributed by atoms with Crippen molar-refractivity contribution in [3.05, 3.63) is 28.7 Å². The predicted octanol–water partition coefficient (Wildman–Crippen LogP) is -0.415. The Labute approximate surface area is 125 Å². The summed E-state index contributed by atoms with van der Waals surface area (Å²) in [5.74, 6) is 0. The zero-order valence-corrected chi connectivity index (χ0v) is 12.4. The van der Waals surface area contributed by atoms with E-state index in [1.54, 1.807) is 7.05 Å². The van der Waals surface area contributed by atoms with Gasteiger partial charge in [0.15, 0.2) is 0 Å². The standard InChI is InChI=1S/C12H14N4O5S/c1-16-6-7(21-12(16)18)5-13-22(19,20)8-2-3-9-10(4-8)15-11(17)14-9/h2-4,7,13H,5-6H2,1H3,(H2,14,15,17). The van der Waals surface area contributed by atoms with E-state index in [1.165, 1.54) is 23.1 Å². The molecule has 0 bridgehead atoms. The van der Waals surface area contributed by atoms with Gasteiger partial charge in [0.1, 0.15) is 6.10 Å². The fourth-order valence-electron chi connectivity index (χ4n) is 2.22. The minimum atomic E-state index is -3.76. The van der Waals surface area contributed by atoms with Crippen LogP contribution in [0.3, 0.4) is 0 Å². The van der Waals surface area contributed by atoms with Crippen LogP contribution in [0, 0.1) is 0 Å². The Kier molecular flexibility index (Phi) is 3.41. The van der Waals surface area contributed by atoms with Crippen molar-refractivity contribution < 1.29 is 17.9 Å². The lowest BCUT2D eigenvalue weighted by atomic mass is 10.3. The van der Waals surface area contributed by atoms with Gasteiger partial charge in [-0.3, -0.25) is 0 Å². The minimum absolute atomic E-state index is 0.0138. The summed E-state index contributed by atoms with van der Waals surface area (Å²) in [4.78, 5) is 28.8. The Bertz CT molecular complexity index is 884. The van der Waals surface area contributed by atoms with Crippen LogP contribution in [0.25, 0.3) is 11.0 Å². The van der Waals surface area contributed by atoms with Gasteiger partial charge in [-0.15, -0.1) is 0 Å². The van der Waals surface area contributed by atoms with E-state index < -0.39 is 27.9 Å². The summed E-state index contributed by atoms with van der Waals surface area (Å²) >= 11 is 0. The maximum atomic E-state index is 12.2. The molecule has 1 aliphatic rings. The van der Waals surface area contributed by atoms with Gasteiger partial charge in [-0.1, -0.05) is 0 Å². The van der Waals surface area contributed by atoms with Crippen molar-refractivity contribution >= 4 is 27.1 Å². The Morgan fingerprint density at radius 3 is 2.73 bits per heavy atom. The maximum Gasteiger partial charge on any atom is 0.410 e. The van der Waals surface area contributed by atoms with Crippen LogP contribution in [-0.4, -0.2) is 55.6 Å². The second-order valence-electron chi connectivity index (χ2n) is 5.02. The number of aromatic nitrogens is 2. The van der Waals surface area contributed by atoms with Gasteiger partial charge >= 0.3 is 11.8 Å². The molecule has 3 rings (SSSR count). The zero-order chi connectivity index (χ0) is 15.9. The lowest BCUT2D eigenvalue weighted by Crippen LogP contribution is -2.34. The molecule has 1 amide bonds. The lowest BCUT2D eigenvalue weighted by molar-refractivity contribution is 0.135. The second-order valence-corrected chi connectivity index (χ2v) is 6.79. The number of cyclic esters (lactones) is 1. The number of fused-ring (bicyclic) bond motifs is 1. The van der Waals surface area contributed by atoms with Crippen LogP contribution in [0.2, 0.25) is 0 Å². The summed E-state index contributed by atoms with van der Waals surface area (Å²) in [5, 5.41) is 0. The van der Waals surface area contributed by atoms with Crippen LogP contribution < -0.4 is 10.4 Å². The molecule has 9 nitrogen and oxygen atoms in total. The molecule has 3 N–H and O–H groups in total. The summed E-state index contributed by atoms with van der Waals surface area (Å²) in [6.07, 6.45) is -1.00. The van der Waals surface area contributed by atoms with Crippen molar-refractivity contribution in [2.45, 2.75) is 11.0 Å². The first-order valence-electron chi connectivity index (χ1n) is 6.48. The molecule has 0 saturated carbocycles. The molecule has 0 spiro atoms. The number of sulfonamides is 1. The van der Waals surface area contributed by atoms with Gasteiger partial charge in [0.05, 0.1) is 22.5 Å². The molecule has 1 aliphatic heterocycles. The van der Waals surface area contributed by atoms with Crippen molar-refractivity contribution in [3.63, 3.8) is 0 Å². The van der Waals surface area contributed by atoms with E-state index in [1.807, 2.05) is 0 Å². The fourth-order valence-corrected chi connectivity index (χ4v) is 3.31. The zero-order valence-electron chi connectivity index (χ0n) is 11.6. The number of aromatic amines is 2. The number of carbonyl (C=O) groups excluding carboxylic acids is 1. The van der Waals surface area contributed by atoms with Gasteiger partial charge < -0.3 is 19.6 Å². The summed E-state index contributed by atoms with van der Waals surface area (Å²) in [6, 6.07) is 4.26. The van der Waals surface area contributed by atoms with Gasteiger partial charge in [-0.25, -0.2) is 22.7 Å². The van der Waals surface area contributed by atoms with Crippen molar-refractivity contribution in [2.24, 2.45) is 0 Å². The number of hydrogen-bond acceptors (Lipinski definition) is 5. The third-order valence-electron chi connectivity index (χ3n) is 3.36. The number of rotatable bonds is 4. The smallest absolute Gasteiger partial charge is 0.410 e. The normalized spacial score (nSPS) is 18.9. The molecule has 2 heterocycles. The number of nitrogens with one attached hydrogen (secondary N) is 3. The van der Waals surface area contributed by atoms with E-state index in [2.05, 4.69) is 14.7 Å². The van der Waals surface area contributed by atoms with Gasteiger partial charge in [0, 0.05) is 13.6 Å². The molecule has 1 fully saturated rings. The largest absolute Gasteiger partial charge is 0.443 e. The number of amides is 1. The SMILES string of the molecule is CN1CC(CNS(=O)(=O)c2ccc3[nH]c(=O)[nH]c3c2)OC1=O. The number of nitrogens with zero attached hydrogens (tertiary/aromatic N) is 1. The lowest BCUT2D eigenvalue weighted by Gasteiger charge is -2.10. The van der Waals surface area contributed by atoms with Crippen LogP contribution in [0.15, 0.2) is 27.9 Å². The molecule has 1 aromatic heterocycles. The van der Waals surface area contributed by atoms with Crippen molar-refractivity contribution in [3.8, 4) is 0 Å². The van der Waals surface area contributed by atoms with Crippen LogP contribution >= 0.6 is 0 Å². The minimum Gasteiger partial charge on any atom is -0.443 e. The molecule has 1 saturated heterocycles. The van der Waals surface area contributed by atoms with Crippen LogP contribution in [0.5, 0.6) is 0 Å². The Morgan fingerprint density at radius 2 is 2.05 bits per heavy atom. The third kappa shape index (κ3) is 2.70. The van der Waals surface area contributed by atoms with Gasteiger partial charge in [-0.2, -0.15) is 0 Å². The van der Waals surface area contributed by atoms with E-state index in [0.29, 0.717) is 17.6 Å². The first-order chi connectivity index (χ1) is 10.3. The Hall–Kier alpha value is -2.33. The van der Waals surface area contributed by atoms with Crippen molar-refractivity contribution in [1.29, 1.82) is 0 Å². The van der Waals surface area contributed by atoms with Gasteiger partial charge in [-0.05, 0) is 18.2 Å². The van der Waals surface area contributed by atoms with Gasteiger partial charge in [0.2, 0.25) is 10.0 Å². The molecule has 0 radical (unpaired) electrons. The van der Waals surface area contributed by atoms with Crippen LogP contribution in [-0.2, 0) is 14.8 Å². The number of hydrogen-bond donors (Lipinski definition) is 3. The highest BCUT2D eigenvalue weighted by Crippen LogP contribution is 2.15. The van der Waals surface area contributed by atoms with Crippen LogP contribution in [0.4, 0.5) is 4.79 Å². The summed E-state index contributed by atoms with van der Waals surface area (Å²) in [7, 11) is -2.18. The monoisotopic (exact) mass is 326 g/mol. The number of benzene rings is 1. The third-order valence-corrected chi connectivity index (χ3v) is 4.78. The highest BCUT2D eigenvalue weighted by molar-refractivity contribution is 7.89. The molecule has 1 unspecified atom stereocenters. The molecule has 0 aliphatic carbocycles. The topological polar surface area (TPSA) is 124 Å². The Morgan fingerprint density at radius 1 is 1.32 bits per heavy atom. The first kappa shape index (κ1) is 14.6. The maximum absolute atomic E-state index is 12.2. The van der Waals surface area contributed by atoms with Crippen LogP contribution in [0.1, 0.15) is 0 Å². The average molecular weight is 326 g/mol. The summed E-state index contributed by atoms with van der Waals surface area (Å²) in [6.45, 7) is 0.311. The van der Waals surface area contributed by atoms with E-state index in [-0.39, 0.29) is 11.4 Å². The highest BCUT2D eigenvalue weighted by Gasteiger charge is 2.29. The average Bonchev–Trinajstić information content (AvgIpc) is 2.98. The van der Waals surface area contributed by atoms with E-state index in [0.717, 1.165) is 0 Å². The number of likely N-dealkylation sites (N-methyl/N-ethyl adjacent to an activating group) is 1. The summed E-state index contributed by atoms with van der Waals surface area (Å²) < 4.78 is 31.9. The number of H-pyrrole nitrogens is 2. The second kappa shape index (κ2) is 5.14. The van der Waals surface area contributed by atoms with Gasteiger partial charge in [0.25, 0.3) is 0 Å². The van der Waals surface area contributed by atoms with Crippen molar-refractivity contribution in [1.82, 2.24) is 19.6 Å².